The highest BCUT2D eigenvalue weighted by Gasteiger charge is 2.45. The van der Waals surface area contributed by atoms with Crippen LogP contribution < -0.4 is 0 Å². The van der Waals surface area contributed by atoms with Crippen molar-refractivity contribution < 1.29 is 14.3 Å². The summed E-state index contributed by atoms with van der Waals surface area (Å²) in [5.74, 6) is -0.374. The minimum absolute atomic E-state index is 0.0201. The summed E-state index contributed by atoms with van der Waals surface area (Å²) < 4.78 is 4.76. The van der Waals surface area contributed by atoms with Gasteiger partial charge in [0.1, 0.15) is 11.2 Å². The normalized spacial score (nSPS) is 26.9. The van der Waals surface area contributed by atoms with Gasteiger partial charge in [0.15, 0.2) is 0 Å². The lowest BCUT2D eigenvalue weighted by Crippen LogP contribution is -2.39. The Labute approximate surface area is 90.5 Å². The van der Waals surface area contributed by atoms with Crippen LogP contribution >= 0.6 is 0 Å². The Kier molecular flexibility index (Phi) is 4.06. The molecule has 1 fully saturated rings. The third-order valence-corrected chi connectivity index (χ3v) is 3.11. The number of methoxy groups -OCH3 is 1. The number of hydrogen-bond acceptors (Lipinski definition) is 3. The second kappa shape index (κ2) is 5.10. The first kappa shape index (κ1) is 12.0. The Morgan fingerprint density at radius 3 is 2.87 bits per heavy atom. The molecule has 0 unspecified atom stereocenters. The van der Waals surface area contributed by atoms with Gasteiger partial charge in [-0.15, -0.1) is 6.58 Å². The van der Waals surface area contributed by atoms with E-state index in [4.69, 9.17) is 4.74 Å². The zero-order chi connectivity index (χ0) is 11.3. The molecule has 0 aliphatic heterocycles. The van der Waals surface area contributed by atoms with Gasteiger partial charge in [0.05, 0.1) is 7.11 Å². The molecule has 0 aromatic rings. The van der Waals surface area contributed by atoms with Crippen LogP contribution in [0.5, 0.6) is 0 Å². The zero-order valence-electron chi connectivity index (χ0n) is 9.25. The number of carbonyl (C=O) groups is 2. The zero-order valence-corrected chi connectivity index (χ0v) is 9.25. The van der Waals surface area contributed by atoms with Gasteiger partial charge in [-0.05, 0) is 19.3 Å². The third-order valence-electron chi connectivity index (χ3n) is 3.11. The Bertz CT molecular complexity index is 270. The lowest BCUT2D eigenvalue weighted by atomic mass is 9.76. The molecule has 1 rings (SSSR count). The monoisotopic (exact) mass is 210 g/mol. The number of rotatable bonds is 3. The van der Waals surface area contributed by atoms with Crippen LogP contribution in [0.2, 0.25) is 0 Å². The van der Waals surface area contributed by atoms with E-state index in [1.54, 1.807) is 6.08 Å². The highest BCUT2D eigenvalue weighted by Crippen LogP contribution is 2.36. The second-order valence-electron chi connectivity index (χ2n) is 4.05. The fourth-order valence-electron chi connectivity index (χ4n) is 2.22. The van der Waals surface area contributed by atoms with Crippen molar-refractivity contribution in [1.82, 2.24) is 0 Å². The quantitative estimate of drug-likeness (QED) is 0.310. The average molecular weight is 210 g/mol. The largest absolute Gasteiger partial charge is 0.468 e. The summed E-state index contributed by atoms with van der Waals surface area (Å²) in [6.45, 7) is 3.62. The van der Waals surface area contributed by atoms with Crippen LogP contribution in [0.4, 0.5) is 0 Å². The van der Waals surface area contributed by atoms with Crippen LogP contribution in [0, 0.1) is 5.41 Å². The molecule has 1 aliphatic rings. The molecule has 1 saturated carbocycles. The van der Waals surface area contributed by atoms with Crippen LogP contribution in [-0.2, 0) is 14.3 Å². The number of hydrogen-bond donors (Lipinski definition) is 0. The summed E-state index contributed by atoms with van der Waals surface area (Å²) in [6.07, 6.45) is 5.94. The summed E-state index contributed by atoms with van der Waals surface area (Å²) in [5.41, 5.74) is -0.938. The fourth-order valence-corrected chi connectivity index (χ4v) is 2.22. The molecule has 0 spiro atoms. The van der Waals surface area contributed by atoms with Crippen molar-refractivity contribution in [2.45, 2.75) is 38.5 Å². The summed E-state index contributed by atoms with van der Waals surface area (Å²) in [6, 6.07) is 0. The van der Waals surface area contributed by atoms with E-state index in [0.717, 1.165) is 19.3 Å². The van der Waals surface area contributed by atoms with Gasteiger partial charge >= 0.3 is 5.97 Å². The molecular weight excluding hydrogens is 192 g/mol. The predicted molar refractivity (Wildman–Crippen MR) is 57.4 cm³/mol. The molecule has 1 aliphatic carbocycles. The molecule has 0 saturated heterocycles. The molecule has 0 aromatic carbocycles. The van der Waals surface area contributed by atoms with Gasteiger partial charge in [-0.1, -0.05) is 18.9 Å². The van der Waals surface area contributed by atoms with Crippen molar-refractivity contribution in [1.29, 1.82) is 0 Å². The SMILES string of the molecule is C=CC[C@]1(C(=O)OC)CCCCCC1=O. The molecule has 0 bridgehead atoms. The molecule has 0 heterocycles. The van der Waals surface area contributed by atoms with Gasteiger partial charge in [0.25, 0.3) is 0 Å². The third kappa shape index (κ3) is 2.28. The summed E-state index contributed by atoms with van der Waals surface area (Å²) in [4.78, 5) is 23.7. The van der Waals surface area contributed by atoms with E-state index < -0.39 is 11.4 Å². The molecule has 0 amide bonds. The lowest BCUT2D eigenvalue weighted by molar-refractivity contribution is -0.158. The molecule has 0 radical (unpaired) electrons. The van der Waals surface area contributed by atoms with Gasteiger partial charge in [0, 0.05) is 6.42 Å². The van der Waals surface area contributed by atoms with Crippen molar-refractivity contribution >= 4 is 11.8 Å². The van der Waals surface area contributed by atoms with Crippen LogP contribution in [0.15, 0.2) is 12.7 Å². The van der Waals surface area contributed by atoms with Crippen LogP contribution in [0.3, 0.4) is 0 Å². The van der Waals surface area contributed by atoms with Crippen molar-refractivity contribution in [3.8, 4) is 0 Å². The molecule has 0 aromatic heterocycles. The molecule has 3 nitrogen and oxygen atoms in total. The van der Waals surface area contributed by atoms with Crippen LogP contribution in [0.25, 0.3) is 0 Å². The van der Waals surface area contributed by atoms with Gasteiger partial charge < -0.3 is 4.74 Å². The van der Waals surface area contributed by atoms with E-state index in [-0.39, 0.29) is 5.78 Å². The number of carbonyl (C=O) groups excluding carboxylic acids is 2. The van der Waals surface area contributed by atoms with Crippen molar-refractivity contribution in [2.75, 3.05) is 7.11 Å². The Balaban J connectivity index is 2.98. The molecule has 84 valence electrons. The Morgan fingerprint density at radius 1 is 1.53 bits per heavy atom. The van der Waals surface area contributed by atoms with E-state index in [2.05, 4.69) is 6.58 Å². The molecule has 1 atom stereocenters. The number of allylic oxidation sites excluding steroid dienone is 1. The van der Waals surface area contributed by atoms with Gasteiger partial charge in [0.2, 0.25) is 0 Å². The highest BCUT2D eigenvalue weighted by molar-refractivity contribution is 6.04. The topological polar surface area (TPSA) is 43.4 Å². The maximum Gasteiger partial charge on any atom is 0.319 e. The van der Waals surface area contributed by atoms with Crippen molar-refractivity contribution in [3.63, 3.8) is 0 Å². The van der Waals surface area contributed by atoms with E-state index in [0.29, 0.717) is 19.3 Å². The highest BCUT2D eigenvalue weighted by atomic mass is 16.5. The minimum Gasteiger partial charge on any atom is -0.468 e. The second-order valence-corrected chi connectivity index (χ2v) is 4.05. The number of esters is 1. The first-order chi connectivity index (χ1) is 7.17. The predicted octanol–water partition coefficient (Wildman–Crippen LogP) is 2.26. The standard InChI is InChI=1S/C12H18O3/c1-3-8-12(11(14)15-2)9-6-4-5-7-10(12)13/h3H,1,4-9H2,2H3/t12-/m0/s1. The summed E-state index contributed by atoms with van der Waals surface area (Å²) in [7, 11) is 1.34. The number of ether oxygens (including phenoxy) is 1. The van der Waals surface area contributed by atoms with Crippen molar-refractivity contribution in [3.05, 3.63) is 12.7 Å². The smallest absolute Gasteiger partial charge is 0.319 e. The van der Waals surface area contributed by atoms with E-state index in [1.807, 2.05) is 0 Å². The van der Waals surface area contributed by atoms with Crippen LogP contribution in [0.1, 0.15) is 38.5 Å². The maximum absolute atomic E-state index is 12.0. The van der Waals surface area contributed by atoms with E-state index >= 15 is 0 Å². The van der Waals surface area contributed by atoms with Gasteiger partial charge in [-0.3, -0.25) is 9.59 Å². The molecular formula is C12H18O3. The minimum atomic E-state index is -0.938. The van der Waals surface area contributed by atoms with Gasteiger partial charge in [-0.2, -0.15) is 0 Å². The van der Waals surface area contributed by atoms with Gasteiger partial charge in [-0.25, -0.2) is 0 Å². The average Bonchev–Trinajstić information content (AvgIpc) is 2.42. The molecule has 15 heavy (non-hydrogen) atoms. The number of ketones is 1. The Morgan fingerprint density at radius 2 is 2.27 bits per heavy atom. The summed E-state index contributed by atoms with van der Waals surface area (Å²) >= 11 is 0. The molecule has 3 heteroatoms. The van der Waals surface area contributed by atoms with Crippen LogP contribution in [-0.4, -0.2) is 18.9 Å². The van der Waals surface area contributed by atoms with Crippen molar-refractivity contribution in [2.24, 2.45) is 5.41 Å². The maximum atomic E-state index is 12.0. The summed E-state index contributed by atoms with van der Waals surface area (Å²) in [5, 5.41) is 0. The first-order valence-corrected chi connectivity index (χ1v) is 5.40. The van der Waals surface area contributed by atoms with E-state index in [1.165, 1.54) is 7.11 Å². The number of Topliss-reactive ketones (excluding diaryl/α,β-unsaturated/α-hetero) is 1. The fraction of sp³-hybridized carbons (Fsp3) is 0.667. The lowest BCUT2D eigenvalue weighted by Gasteiger charge is -2.26. The van der Waals surface area contributed by atoms with E-state index in [9.17, 15) is 9.59 Å². The molecule has 0 N–H and O–H groups in total. The first-order valence-electron chi connectivity index (χ1n) is 5.40. The Hall–Kier alpha value is -1.12.